The molecule has 0 saturated carbocycles. The first-order chi connectivity index (χ1) is 7.22. The van der Waals surface area contributed by atoms with Crippen molar-refractivity contribution >= 4 is 5.91 Å². The van der Waals surface area contributed by atoms with Gasteiger partial charge < -0.3 is 4.74 Å². The van der Waals surface area contributed by atoms with Crippen molar-refractivity contribution in [2.75, 3.05) is 20.8 Å². The summed E-state index contributed by atoms with van der Waals surface area (Å²) >= 11 is 0. The minimum absolute atomic E-state index is 0.275. The molecule has 0 fully saturated rings. The minimum Gasteiger partial charge on any atom is -0.478 e. The predicted molar refractivity (Wildman–Crippen MR) is 51.4 cm³/mol. The molecule has 82 valence electrons. The lowest BCUT2D eigenvalue weighted by Crippen LogP contribution is -2.26. The summed E-state index contributed by atoms with van der Waals surface area (Å²) in [5, 5.41) is 5.27. The van der Waals surface area contributed by atoms with E-state index in [-0.39, 0.29) is 5.91 Å². The monoisotopic (exact) mass is 211 g/mol. The fourth-order valence-electron chi connectivity index (χ4n) is 1.42. The second kappa shape index (κ2) is 3.90. The van der Waals surface area contributed by atoms with Gasteiger partial charge in [-0.15, -0.1) is 0 Å². The SMILES string of the molecule is CON(C)C(=O)c1cc2n(n1)CCCO2. The van der Waals surface area contributed by atoms with E-state index in [2.05, 4.69) is 5.10 Å². The quantitative estimate of drug-likeness (QED) is 0.660. The third kappa shape index (κ3) is 1.80. The van der Waals surface area contributed by atoms with Crippen LogP contribution in [0.1, 0.15) is 16.9 Å². The van der Waals surface area contributed by atoms with Gasteiger partial charge in [-0.3, -0.25) is 9.63 Å². The Morgan fingerprint density at radius 2 is 2.53 bits per heavy atom. The molecule has 0 spiro atoms. The van der Waals surface area contributed by atoms with E-state index >= 15 is 0 Å². The van der Waals surface area contributed by atoms with Gasteiger partial charge in [0.15, 0.2) is 5.69 Å². The maximum absolute atomic E-state index is 11.7. The average molecular weight is 211 g/mol. The fourth-order valence-corrected chi connectivity index (χ4v) is 1.42. The van der Waals surface area contributed by atoms with Crippen LogP contribution in [0.25, 0.3) is 0 Å². The van der Waals surface area contributed by atoms with Gasteiger partial charge in [0.2, 0.25) is 5.88 Å². The Hall–Kier alpha value is -1.56. The van der Waals surface area contributed by atoms with E-state index in [1.165, 1.54) is 7.11 Å². The highest BCUT2D eigenvalue weighted by Gasteiger charge is 2.20. The van der Waals surface area contributed by atoms with Crippen molar-refractivity contribution in [1.82, 2.24) is 14.8 Å². The maximum atomic E-state index is 11.7. The van der Waals surface area contributed by atoms with Crippen LogP contribution in [0.15, 0.2) is 6.07 Å². The van der Waals surface area contributed by atoms with Gasteiger partial charge in [-0.25, -0.2) is 9.75 Å². The molecule has 15 heavy (non-hydrogen) atoms. The largest absolute Gasteiger partial charge is 0.478 e. The van der Waals surface area contributed by atoms with E-state index in [0.29, 0.717) is 18.2 Å². The summed E-state index contributed by atoms with van der Waals surface area (Å²) in [6, 6.07) is 1.64. The normalized spacial score (nSPS) is 14.3. The number of carbonyl (C=O) groups is 1. The first-order valence-electron chi connectivity index (χ1n) is 4.75. The highest BCUT2D eigenvalue weighted by atomic mass is 16.7. The fraction of sp³-hybridized carbons (Fsp3) is 0.556. The van der Waals surface area contributed by atoms with E-state index in [1.54, 1.807) is 17.8 Å². The van der Waals surface area contributed by atoms with Crippen LogP contribution in [-0.4, -0.2) is 41.5 Å². The lowest BCUT2D eigenvalue weighted by atomic mass is 10.4. The van der Waals surface area contributed by atoms with Crippen LogP contribution < -0.4 is 4.74 Å². The number of carbonyl (C=O) groups excluding carboxylic acids is 1. The average Bonchev–Trinajstić information content (AvgIpc) is 2.70. The third-order valence-electron chi connectivity index (χ3n) is 2.29. The topological polar surface area (TPSA) is 56.6 Å². The Morgan fingerprint density at radius 3 is 3.20 bits per heavy atom. The molecule has 1 aliphatic heterocycles. The van der Waals surface area contributed by atoms with Crippen molar-refractivity contribution in [2.45, 2.75) is 13.0 Å². The molecule has 6 nitrogen and oxygen atoms in total. The summed E-state index contributed by atoms with van der Waals surface area (Å²) in [6.45, 7) is 1.47. The summed E-state index contributed by atoms with van der Waals surface area (Å²) in [6.07, 6.45) is 0.919. The number of fused-ring (bicyclic) bond motifs is 1. The number of aryl methyl sites for hydroxylation is 1. The van der Waals surface area contributed by atoms with Gasteiger partial charge >= 0.3 is 0 Å². The summed E-state index contributed by atoms with van der Waals surface area (Å²) < 4.78 is 7.05. The van der Waals surface area contributed by atoms with Gasteiger partial charge in [-0.2, -0.15) is 5.10 Å². The molecule has 1 aromatic heterocycles. The number of hydrogen-bond donors (Lipinski definition) is 0. The molecule has 2 heterocycles. The van der Waals surface area contributed by atoms with Gasteiger partial charge in [0, 0.05) is 26.1 Å². The van der Waals surface area contributed by atoms with Gasteiger partial charge in [0.25, 0.3) is 5.91 Å². The van der Waals surface area contributed by atoms with Crippen molar-refractivity contribution in [3.05, 3.63) is 11.8 Å². The zero-order valence-corrected chi connectivity index (χ0v) is 8.77. The summed E-state index contributed by atoms with van der Waals surface area (Å²) in [5.41, 5.74) is 0.344. The van der Waals surface area contributed by atoms with Crippen molar-refractivity contribution in [1.29, 1.82) is 0 Å². The second-order valence-corrected chi connectivity index (χ2v) is 3.28. The maximum Gasteiger partial charge on any atom is 0.297 e. The molecule has 0 atom stereocenters. The molecule has 0 radical (unpaired) electrons. The number of hydrogen-bond acceptors (Lipinski definition) is 4. The van der Waals surface area contributed by atoms with Crippen LogP contribution in [0.2, 0.25) is 0 Å². The van der Waals surface area contributed by atoms with Gasteiger partial charge in [-0.05, 0) is 0 Å². The molecule has 0 N–H and O–H groups in total. The minimum atomic E-state index is -0.275. The van der Waals surface area contributed by atoms with E-state index in [1.807, 2.05) is 0 Å². The Labute approximate surface area is 87.3 Å². The number of aromatic nitrogens is 2. The molecule has 2 rings (SSSR count). The lowest BCUT2D eigenvalue weighted by molar-refractivity contribution is -0.0760. The lowest BCUT2D eigenvalue weighted by Gasteiger charge is -2.13. The Balaban J connectivity index is 2.22. The second-order valence-electron chi connectivity index (χ2n) is 3.28. The standard InChI is InChI=1S/C9H13N3O3/c1-11(14-2)9(13)7-6-8-12(10-7)4-3-5-15-8/h6H,3-5H2,1-2H3. The number of rotatable bonds is 2. The van der Waals surface area contributed by atoms with Gasteiger partial charge in [-0.1, -0.05) is 0 Å². The first-order valence-corrected chi connectivity index (χ1v) is 4.75. The van der Waals surface area contributed by atoms with Crippen LogP contribution >= 0.6 is 0 Å². The van der Waals surface area contributed by atoms with Gasteiger partial charge in [0.05, 0.1) is 13.7 Å². The van der Waals surface area contributed by atoms with Crippen molar-refractivity contribution in [3.8, 4) is 5.88 Å². The molecule has 0 unspecified atom stereocenters. The smallest absolute Gasteiger partial charge is 0.297 e. The highest BCUT2D eigenvalue weighted by molar-refractivity contribution is 5.91. The molecule has 0 bridgehead atoms. The molecule has 0 saturated heterocycles. The van der Waals surface area contributed by atoms with Crippen LogP contribution in [0, 0.1) is 0 Å². The summed E-state index contributed by atoms with van der Waals surface area (Å²) in [7, 11) is 2.98. The predicted octanol–water partition coefficient (Wildman–Crippen LogP) is 0.299. The molecule has 1 aliphatic rings. The van der Waals surface area contributed by atoms with Crippen LogP contribution in [0.5, 0.6) is 5.88 Å². The summed E-state index contributed by atoms with van der Waals surface area (Å²) in [5.74, 6) is 0.372. The molecule has 0 aromatic carbocycles. The zero-order valence-electron chi connectivity index (χ0n) is 8.77. The molecule has 0 aliphatic carbocycles. The van der Waals surface area contributed by atoms with Crippen molar-refractivity contribution in [2.24, 2.45) is 0 Å². The number of nitrogens with zero attached hydrogens (tertiary/aromatic N) is 3. The van der Waals surface area contributed by atoms with Crippen LogP contribution in [-0.2, 0) is 11.4 Å². The Bertz CT molecular complexity index is 351. The first kappa shape index (κ1) is 9.97. The highest BCUT2D eigenvalue weighted by Crippen LogP contribution is 2.18. The molecule has 1 aromatic rings. The molecular formula is C9H13N3O3. The Kier molecular flexibility index (Phi) is 2.59. The summed E-state index contributed by atoms with van der Waals surface area (Å²) in [4.78, 5) is 16.5. The van der Waals surface area contributed by atoms with Crippen molar-refractivity contribution in [3.63, 3.8) is 0 Å². The van der Waals surface area contributed by atoms with Crippen molar-refractivity contribution < 1.29 is 14.4 Å². The number of amides is 1. The molecule has 1 amide bonds. The van der Waals surface area contributed by atoms with E-state index in [4.69, 9.17) is 9.57 Å². The zero-order chi connectivity index (χ0) is 10.8. The number of ether oxygens (including phenoxy) is 1. The van der Waals surface area contributed by atoms with Crippen LogP contribution in [0.3, 0.4) is 0 Å². The Morgan fingerprint density at radius 1 is 1.73 bits per heavy atom. The van der Waals surface area contributed by atoms with E-state index in [0.717, 1.165) is 18.0 Å². The van der Waals surface area contributed by atoms with Crippen LogP contribution in [0.4, 0.5) is 0 Å². The van der Waals surface area contributed by atoms with Gasteiger partial charge in [0.1, 0.15) is 0 Å². The molecular weight excluding hydrogens is 198 g/mol. The van der Waals surface area contributed by atoms with E-state index in [9.17, 15) is 4.79 Å². The molecule has 6 heteroatoms. The number of hydroxylamine groups is 2. The van der Waals surface area contributed by atoms with E-state index < -0.39 is 0 Å². The third-order valence-corrected chi connectivity index (χ3v) is 2.29.